The first-order chi connectivity index (χ1) is 9.90. The Bertz CT molecular complexity index is 670. The monoisotopic (exact) mass is 309 g/mol. The number of carboxylic acids is 1. The fourth-order valence-electron chi connectivity index (χ4n) is 3.92. The second kappa shape index (κ2) is 5.10. The largest absolute Gasteiger partial charge is 0.481 e. The molecule has 3 rings (SSSR count). The molecule has 0 spiro atoms. The van der Waals surface area contributed by atoms with Crippen LogP contribution in [0.4, 0.5) is 0 Å². The molecular weight excluding hydrogens is 290 g/mol. The van der Waals surface area contributed by atoms with Crippen LogP contribution < -0.4 is 4.72 Å². The molecule has 2 fully saturated rings. The SMILES string of the molecule is Cc1ccccc1S(=O)(=O)NC1C2CCC(C2)C1C(=O)O. The predicted molar refractivity (Wildman–Crippen MR) is 77.2 cm³/mol. The Kier molecular flexibility index (Phi) is 3.53. The summed E-state index contributed by atoms with van der Waals surface area (Å²) in [6, 6.07) is 6.28. The molecule has 1 aromatic carbocycles. The molecule has 2 bridgehead atoms. The van der Waals surface area contributed by atoms with Crippen molar-refractivity contribution in [3.63, 3.8) is 0 Å². The molecule has 21 heavy (non-hydrogen) atoms. The van der Waals surface area contributed by atoms with Crippen LogP contribution in [0, 0.1) is 24.7 Å². The van der Waals surface area contributed by atoms with Crippen LogP contribution in [0.3, 0.4) is 0 Å². The van der Waals surface area contributed by atoms with Gasteiger partial charge >= 0.3 is 5.97 Å². The van der Waals surface area contributed by atoms with Crippen molar-refractivity contribution in [3.05, 3.63) is 29.8 Å². The second-order valence-electron chi connectivity index (χ2n) is 6.11. The van der Waals surface area contributed by atoms with Crippen molar-refractivity contribution < 1.29 is 18.3 Å². The molecule has 0 heterocycles. The normalized spacial score (nSPS) is 31.5. The van der Waals surface area contributed by atoms with Gasteiger partial charge in [0.25, 0.3) is 0 Å². The van der Waals surface area contributed by atoms with Gasteiger partial charge in [0.15, 0.2) is 0 Å². The van der Waals surface area contributed by atoms with E-state index in [4.69, 9.17) is 0 Å². The van der Waals surface area contributed by atoms with Crippen LogP contribution in [0.15, 0.2) is 29.2 Å². The van der Waals surface area contributed by atoms with Gasteiger partial charge in [-0.2, -0.15) is 0 Å². The van der Waals surface area contributed by atoms with Crippen LogP contribution in [0.2, 0.25) is 0 Å². The maximum atomic E-state index is 12.5. The number of hydrogen-bond donors (Lipinski definition) is 2. The first kappa shape index (κ1) is 14.5. The van der Waals surface area contributed by atoms with Gasteiger partial charge in [-0.05, 0) is 49.7 Å². The average molecular weight is 309 g/mol. The molecule has 2 N–H and O–H groups in total. The maximum absolute atomic E-state index is 12.5. The molecule has 4 unspecified atom stereocenters. The van der Waals surface area contributed by atoms with Crippen molar-refractivity contribution >= 4 is 16.0 Å². The minimum Gasteiger partial charge on any atom is -0.481 e. The number of rotatable bonds is 4. The van der Waals surface area contributed by atoms with Gasteiger partial charge in [0, 0.05) is 6.04 Å². The van der Waals surface area contributed by atoms with Crippen LogP contribution in [0.5, 0.6) is 0 Å². The molecule has 1 aromatic rings. The fraction of sp³-hybridized carbons (Fsp3) is 0.533. The number of carbonyl (C=O) groups is 1. The van der Waals surface area contributed by atoms with Crippen LogP contribution in [-0.2, 0) is 14.8 Å². The molecule has 5 nitrogen and oxygen atoms in total. The van der Waals surface area contributed by atoms with Gasteiger partial charge in [-0.15, -0.1) is 0 Å². The number of fused-ring (bicyclic) bond motifs is 2. The lowest BCUT2D eigenvalue weighted by Gasteiger charge is -2.28. The van der Waals surface area contributed by atoms with E-state index in [9.17, 15) is 18.3 Å². The first-order valence-corrected chi connectivity index (χ1v) is 8.69. The Morgan fingerprint density at radius 3 is 2.57 bits per heavy atom. The van der Waals surface area contributed by atoms with E-state index in [1.165, 1.54) is 0 Å². The van der Waals surface area contributed by atoms with E-state index in [2.05, 4.69) is 4.72 Å². The molecule has 4 atom stereocenters. The number of benzene rings is 1. The summed E-state index contributed by atoms with van der Waals surface area (Å²) in [6.07, 6.45) is 2.62. The Hall–Kier alpha value is -1.40. The van der Waals surface area contributed by atoms with Crippen LogP contribution in [-0.4, -0.2) is 25.5 Å². The summed E-state index contributed by atoms with van der Waals surface area (Å²) in [5, 5.41) is 9.39. The van der Waals surface area contributed by atoms with Gasteiger partial charge < -0.3 is 5.11 Å². The highest BCUT2D eigenvalue weighted by Crippen LogP contribution is 2.49. The van der Waals surface area contributed by atoms with Crippen molar-refractivity contribution in [2.75, 3.05) is 0 Å². The Morgan fingerprint density at radius 2 is 1.90 bits per heavy atom. The average Bonchev–Trinajstić information content (AvgIpc) is 2.99. The van der Waals surface area contributed by atoms with E-state index in [-0.39, 0.29) is 16.7 Å². The van der Waals surface area contributed by atoms with Crippen LogP contribution >= 0.6 is 0 Å². The number of hydrogen-bond acceptors (Lipinski definition) is 3. The van der Waals surface area contributed by atoms with Gasteiger partial charge in [-0.25, -0.2) is 13.1 Å². The van der Waals surface area contributed by atoms with Crippen molar-refractivity contribution in [3.8, 4) is 0 Å². The van der Waals surface area contributed by atoms with Gasteiger partial charge in [0.2, 0.25) is 10.0 Å². The van der Waals surface area contributed by atoms with Gasteiger partial charge in [0.1, 0.15) is 0 Å². The zero-order valence-corrected chi connectivity index (χ0v) is 12.6. The minimum absolute atomic E-state index is 0.108. The van der Waals surface area contributed by atoms with E-state index in [1.54, 1.807) is 31.2 Å². The molecule has 0 aromatic heterocycles. The van der Waals surface area contributed by atoms with Crippen molar-refractivity contribution in [1.82, 2.24) is 4.72 Å². The Balaban J connectivity index is 1.89. The lowest BCUT2D eigenvalue weighted by Crippen LogP contribution is -2.46. The predicted octanol–water partition coefficient (Wildman–Crippen LogP) is 1.77. The van der Waals surface area contributed by atoms with Gasteiger partial charge in [-0.1, -0.05) is 18.2 Å². The number of aliphatic carboxylic acids is 1. The highest BCUT2D eigenvalue weighted by molar-refractivity contribution is 7.89. The van der Waals surface area contributed by atoms with E-state index in [1.807, 2.05) is 0 Å². The zero-order chi connectivity index (χ0) is 15.2. The number of sulfonamides is 1. The van der Waals surface area contributed by atoms with Gasteiger partial charge in [-0.3, -0.25) is 4.79 Å². The third-order valence-corrected chi connectivity index (χ3v) is 6.50. The number of aryl methyl sites for hydroxylation is 1. The molecule has 114 valence electrons. The maximum Gasteiger partial charge on any atom is 0.308 e. The molecule has 0 radical (unpaired) electrons. The summed E-state index contributed by atoms with van der Waals surface area (Å²) < 4.78 is 27.8. The fourth-order valence-corrected chi connectivity index (χ4v) is 5.49. The zero-order valence-electron chi connectivity index (χ0n) is 11.8. The van der Waals surface area contributed by atoms with Gasteiger partial charge in [0.05, 0.1) is 10.8 Å². The molecular formula is C15H19NO4S. The van der Waals surface area contributed by atoms with Crippen molar-refractivity contribution in [2.45, 2.75) is 37.1 Å². The van der Waals surface area contributed by atoms with Crippen molar-refractivity contribution in [1.29, 1.82) is 0 Å². The molecule has 6 heteroatoms. The summed E-state index contributed by atoms with van der Waals surface area (Å²) in [7, 11) is -3.68. The first-order valence-electron chi connectivity index (χ1n) is 7.21. The molecule has 2 saturated carbocycles. The molecule has 0 amide bonds. The summed E-state index contributed by atoms with van der Waals surface area (Å²) in [4.78, 5) is 11.7. The highest BCUT2D eigenvalue weighted by atomic mass is 32.2. The second-order valence-corrected chi connectivity index (χ2v) is 7.79. The summed E-state index contributed by atoms with van der Waals surface area (Å²) >= 11 is 0. The smallest absolute Gasteiger partial charge is 0.308 e. The summed E-state index contributed by atoms with van der Waals surface area (Å²) in [5.41, 5.74) is 0.667. The Labute approximate surface area is 124 Å². The number of carboxylic acid groups (broad SMARTS) is 1. The van der Waals surface area contributed by atoms with E-state index >= 15 is 0 Å². The quantitative estimate of drug-likeness (QED) is 0.888. The third kappa shape index (κ3) is 2.46. The lowest BCUT2D eigenvalue weighted by molar-refractivity contribution is -0.144. The lowest BCUT2D eigenvalue weighted by atomic mass is 9.85. The molecule has 0 saturated heterocycles. The Morgan fingerprint density at radius 1 is 1.24 bits per heavy atom. The van der Waals surface area contributed by atoms with Crippen LogP contribution in [0.1, 0.15) is 24.8 Å². The summed E-state index contributed by atoms with van der Waals surface area (Å²) in [6.45, 7) is 1.74. The third-order valence-electron chi connectivity index (χ3n) is 4.88. The van der Waals surface area contributed by atoms with Crippen molar-refractivity contribution in [2.24, 2.45) is 17.8 Å². The number of nitrogens with one attached hydrogen (secondary N) is 1. The molecule has 2 aliphatic rings. The molecule has 0 aliphatic heterocycles. The van der Waals surface area contributed by atoms with E-state index in [0.29, 0.717) is 5.56 Å². The standard InChI is InChI=1S/C15H19NO4S/c1-9-4-2-3-5-12(9)21(19,20)16-14-11-7-6-10(8-11)13(14)15(17)18/h2-5,10-11,13-14,16H,6-8H2,1H3,(H,17,18). The van der Waals surface area contributed by atoms with Crippen LogP contribution in [0.25, 0.3) is 0 Å². The molecule has 2 aliphatic carbocycles. The van der Waals surface area contributed by atoms with E-state index < -0.39 is 28.0 Å². The highest BCUT2D eigenvalue weighted by Gasteiger charge is 2.52. The minimum atomic E-state index is -3.68. The summed E-state index contributed by atoms with van der Waals surface area (Å²) in [5.74, 6) is -1.23. The van der Waals surface area contributed by atoms with E-state index in [0.717, 1.165) is 19.3 Å². The topological polar surface area (TPSA) is 83.5 Å².